The molecule has 2 heteroatoms. The van der Waals surface area contributed by atoms with Crippen LogP contribution in [-0.2, 0) is 0 Å². The molecule has 2 N–H and O–H groups in total. The first-order valence-corrected chi connectivity index (χ1v) is 6.40. The summed E-state index contributed by atoms with van der Waals surface area (Å²) in [5.74, 6) is 4.43. The molecule has 0 aliphatic heterocycles. The highest BCUT2D eigenvalue weighted by molar-refractivity contribution is 5.02. The van der Waals surface area contributed by atoms with Crippen LogP contribution in [-0.4, -0.2) is 6.04 Å². The van der Waals surface area contributed by atoms with Gasteiger partial charge in [0.15, 0.2) is 0 Å². The topological polar surface area (TPSA) is 49.8 Å². The molecule has 0 saturated heterocycles. The molecule has 4 saturated carbocycles. The predicted octanol–water partition coefficient (Wildman–Crippen LogP) is 2.30. The highest BCUT2D eigenvalue weighted by Gasteiger charge is 2.49. The van der Waals surface area contributed by atoms with Gasteiger partial charge in [-0.1, -0.05) is 0 Å². The van der Waals surface area contributed by atoms with E-state index in [1.807, 2.05) is 0 Å². The first-order valence-electron chi connectivity index (χ1n) is 6.40. The van der Waals surface area contributed by atoms with Crippen molar-refractivity contribution >= 4 is 0 Å². The second kappa shape index (κ2) is 3.49. The van der Waals surface area contributed by atoms with E-state index in [0.717, 1.165) is 23.7 Å². The molecule has 1 unspecified atom stereocenters. The minimum atomic E-state index is 0.157. The monoisotopic (exact) mass is 204 g/mol. The summed E-state index contributed by atoms with van der Waals surface area (Å²) in [5.41, 5.74) is 6.19. The van der Waals surface area contributed by atoms with Gasteiger partial charge in [0.1, 0.15) is 0 Å². The molecule has 0 aromatic carbocycles. The molecule has 0 aromatic heterocycles. The van der Waals surface area contributed by atoms with Crippen molar-refractivity contribution in [3.05, 3.63) is 0 Å². The fourth-order valence-corrected chi connectivity index (χ4v) is 4.91. The molecule has 4 rings (SSSR count). The Morgan fingerprint density at radius 3 is 2.07 bits per heavy atom. The number of hydrogen-bond donors (Lipinski definition) is 1. The second-order valence-corrected chi connectivity index (χ2v) is 6.03. The van der Waals surface area contributed by atoms with Crippen molar-refractivity contribution in [2.75, 3.05) is 0 Å². The molecule has 4 aliphatic carbocycles. The smallest absolute Gasteiger partial charge is 0.0638 e. The summed E-state index contributed by atoms with van der Waals surface area (Å²) in [4.78, 5) is 0. The van der Waals surface area contributed by atoms with Gasteiger partial charge in [-0.3, -0.25) is 0 Å². The minimum Gasteiger partial charge on any atom is -0.326 e. The standard InChI is InChI=1S/C13H20N2/c14-2-1-12(15)13-10-4-8-3-9(6-10)7-11(13)5-8/h8-13H,1,3-7,15H2. The molecule has 4 fully saturated rings. The third kappa shape index (κ3) is 1.49. The number of nitrogens with zero attached hydrogens (tertiary/aromatic N) is 1. The summed E-state index contributed by atoms with van der Waals surface area (Å²) in [7, 11) is 0. The Kier molecular flexibility index (Phi) is 2.25. The van der Waals surface area contributed by atoms with E-state index in [2.05, 4.69) is 6.07 Å². The fourth-order valence-electron chi connectivity index (χ4n) is 4.91. The molecule has 82 valence electrons. The van der Waals surface area contributed by atoms with Gasteiger partial charge in [0, 0.05) is 6.04 Å². The van der Waals surface area contributed by atoms with Crippen molar-refractivity contribution in [3.8, 4) is 6.07 Å². The van der Waals surface area contributed by atoms with Crippen molar-refractivity contribution in [1.82, 2.24) is 0 Å². The summed E-state index contributed by atoms with van der Waals surface area (Å²) in [6.45, 7) is 0. The van der Waals surface area contributed by atoms with Crippen LogP contribution in [0.3, 0.4) is 0 Å². The van der Waals surface area contributed by atoms with Crippen LogP contribution in [0.4, 0.5) is 0 Å². The van der Waals surface area contributed by atoms with E-state index in [4.69, 9.17) is 11.0 Å². The number of hydrogen-bond acceptors (Lipinski definition) is 2. The summed E-state index contributed by atoms with van der Waals surface area (Å²) in [6.07, 6.45) is 7.71. The SMILES string of the molecule is N#CCC(N)C1C2CC3CC(C2)CC1C3. The zero-order valence-electron chi connectivity index (χ0n) is 9.23. The van der Waals surface area contributed by atoms with Gasteiger partial charge in [-0.25, -0.2) is 0 Å². The molecule has 4 bridgehead atoms. The Bertz CT molecular complexity index is 263. The minimum absolute atomic E-state index is 0.157. The zero-order chi connectivity index (χ0) is 10.4. The normalized spacial score (nSPS) is 48.9. The molecule has 0 radical (unpaired) electrons. The molecule has 15 heavy (non-hydrogen) atoms. The first kappa shape index (κ1) is 9.66. The van der Waals surface area contributed by atoms with E-state index in [1.54, 1.807) is 0 Å². The molecular formula is C13H20N2. The van der Waals surface area contributed by atoms with Gasteiger partial charge in [0.25, 0.3) is 0 Å². The fraction of sp³-hybridized carbons (Fsp3) is 0.923. The van der Waals surface area contributed by atoms with Crippen LogP contribution in [0, 0.1) is 40.9 Å². The Balaban J connectivity index is 1.77. The number of rotatable bonds is 2. The van der Waals surface area contributed by atoms with E-state index >= 15 is 0 Å². The lowest BCUT2D eigenvalue weighted by Crippen LogP contribution is -2.51. The van der Waals surface area contributed by atoms with Crippen LogP contribution in [0.1, 0.15) is 38.5 Å². The second-order valence-electron chi connectivity index (χ2n) is 6.03. The lowest BCUT2D eigenvalue weighted by molar-refractivity contribution is -0.0459. The van der Waals surface area contributed by atoms with Crippen LogP contribution in [0.15, 0.2) is 0 Å². The Hall–Kier alpha value is -0.550. The van der Waals surface area contributed by atoms with Crippen LogP contribution in [0.2, 0.25) is 0 Å². The van der Waals surface area contributed by atoms with E-state index < -0.39 is 0 Å². The van der Waals surface area contributed by atoms with E-state index in [0.29, 0.717) is 12.3 Å². The number of nitriles is 1. The van der Waals surface area contributed by atoms with E-state index in [-0.39, 0.29) is 6.04 Å². The Labute approximate surface area is 91.8 Å². The van der Waals surface area contributed by atoms with Crippen LogP contribution in [0.5, 0.6) is 0 Å². The van der Waals surface area contributed by atoms with Gasteiger partial charge in [-0.15, -0.1) is 0 Å². The first-order chi connectivity index (χ1) is 7.28. The third-order valence-electron chi connectivity index (χ3n) is 5.12. The molecule has 0 heterocycles. The van der Waals surface area contributed by atoms with Gasteiger partial charge in [-0.2, -0.15) is 5.26 Å². The Morgan fingerprint density at radius 2 is 1.60 bits per heavy atom. The van der Waals surface area contributed by atoms with Crippen LogP contribution in [0.25, 0.3) is 0 Å². The highest BCUT2D eigenvalue weighted by Crippen LogP contribution is 2.57. The van der Waals surface area contributed by atoms with E-state index in [9.17, 15) is 0 Å². The zero-order valence-corrected chi connectivity index (χ0v) is 9.23. The molecule has 0 amide bonds. The quantitative estimate of drug-likeness (QED) is 0.750. The molecule has 1 atom stereocenters. The van der Waals surface area contributed by atoms with E-state index in [1.165, 1.54) is 32.1 Å². The van der Waals surface area contributed by atoms with Gasteiger partial charge in [-0.05, 0) is 61.7 Å². The highest BCUT2D eigenvalue weighted by atomic mass is 14.7. The maximum Gasteiger partial charge on any atom is 0.0638 e. The maximum absolute atomic E-state index is 8.76. The maximum atomic E-state index is 8.76. The number of nitrogens with two attached hydrogens (primary N) is 1. The van der Waals surface area contributed by atoms with Gasteiger partial charge >= 0.3 is 0 Å². The van der Waals surface area contributed by atoms with Crippen molar-refractivity contribution < 1.29 is 0 Å². The molecule has 4 aliphatic rings. The lowest BCUT2D eigenvalue weighted by Gasteiger charge is -2.55. The van der Waals surface area contributed by atoms with Crippen LogP contribution >= 0.6 is 0 Å². The molecular weight excluding hydrogens is 184 g/mol. The predicted molar refractivity (Wildman–Crippen MR) is 58.7 cm³/mol. The summed E-state index contributed by atoms with van der Waals surface area (Å²) < 4.78 is 0. The average molecular weight is 204 g/mol. The molecule has 0 aromatic rings. The summed E-state index contributed by atoms with van der Waals surface area (Å²) in [5, 5.41) is 8.76. The van der Waals surface area contributed by atoms with Crippen molar-refractivity contribution in [1.29, 1.82) is 5.26 Å². The van der Waals surface area contributed by atoms with Gasteiger partial charge < -0.3 is 5.73 Å². The lowest BCUT2D eigenvalue weighted by atomic mass is 9.50. The molecule has 0 spiro atoms. The van der Waals surface area contributed by atoms with Gasteiger partial charge in [0.05, 0.1) is 12.5 Å². The summed E-state index contributed by atoms with van der Waals surface area (Å²) in [6, 6.07) is 2.41. The van der Waals surface area contributed by atoms with Crippen LogP contribution < -0.4 is 5.73 Å². The van der Waals surface area contributed by atoms with Crippen molar-refractivity contribution in [2.24, 2.45) is 35.3 Å². The largest absolute Gasteiger partial charge is 0.326 e. The Morgan fingerprint density at radius 1 is 1.07 bits per heavy atom. The van der Waals surface area contributed by atoms with Crippen molar-refractivity contribution in [3.63, 3.8) is 0 Å². The molecule has 2 nitrogen and oxygen atoms in total. The summed E-state index contributed by atoms with van der Waals surface area (Å²) >= 11 is 0. The van der Waals surface area contributed by atoms with Crippen molar-refractivity contribution in [2.45, 2.75) is 44.6 Å². The van der Waals surface area contributed by atoms with Gasteiger partial charge in [0.2, 0.25) is 0 Å². The third-order valence-corrected chi connectivity index (χ3v) is 5.12. The average Bonchev–Trinajstić information content (AvgIpc) is 2.15.